The molecule has 1 fully saturated rings. The van der Waals surface area contributed by atoms with Crippen LogP contribution in [-0.4, -0.2) is 44.0 Å². The first-order chi connectivity index (χ1) is 14.2. The molecule has 1 saturated heterocycles. The molecule has 0 unspecified atom stereocenters. The first-order valence-electron chi connectivity index (χ1n) is 10.7. The zero-order chi connectivity index (χ0) is 21.5. The van der Waals surface area contributed by atoms with Crippen LogP contribution in [0.4, 0.5) is 5.82 Å². The topological polar surface area (TPSA) is 75.7 Å². The summed E-state index contributed by atoms with van der Waals surface area (Å²) in [5, 5.41) is 7.64. The predicted molar refractivity (Wildman–Crippen MR) is 117 cm³/mol. The van der Waals surface area contributed by atoms with Gasteiger partial charge in [-0.25, -0.2) is 4.98 Å². The van der Waals surface area contributed by atoms with Crippen molar-refractivity contribution in [1.29, 1.82) is 0 Å². The summed E-state index contributed by atoms with van der Waals surface area (Å²) in [7, 11) is 0. The number of carbonyl (C=O) groups is 1. The van der Waals surface area contributed by atoms with Gasteiger partial charge < -0.3 is 14.7 Å². The summed E-state index contributed by atoms with van der Waals surface area (Å²) >= 11 is 0. The lowest BCUT2D eigenvalue weighted by Crippen LogP contribution is -2.39. The monoisotopic (exact) mass is 409 g/mol. The Morgan fingerprint density at radius 3 is 2.80 bits per heavy atom. The number of piperidine rings is 1. The predicted octanol–water partition coefficient (Wildman–Crippen LogP) is 4.68. The smallest absolute Gasteiger partial charge is 0.276 e. The van der Waals surface area contributed by atoms with Crippen molar-refractivity contribution >= 4 is 17.4 Å². The summed E-state index contributed by atoms with van der Waals surface area (Å²) in [4.78, 5) is 19.9. The molecule has 3 aromatic rings. The van der Waals surface area contributed by atoms with Gasteiger partial charge in [0.15, 0.2) is 5.69 Å². The number of fused-ring (bicyclic) bond motifs is 1. The summed E-state index contributed by atoms with van der Waals surface area (Å²) in [5.41, 5.74) is 2.23. The van der Waals surface area contributed by atoms with Gasteiger partial charge in [0.05, 0.1) is 5.69 Å². The number of nitrogens with one attached hydrogen (secondary N) is 1. The van der Waals surface area contributed by atoms with E-state index in [2.05, 4.69) is 35.6 Å². The number of likely N-dealkylation sites (tertiary alicyclic amines) is 1. The highest BCUT2D eigenvalue weighted by molar-refractivity contribution is 5.92. The molecule has 0 bridgehead atoms. The Morgan fingerprint density at radius 2 is 2.10 bits per heavy atom. The van der Waals surface area contributed by atoms with E-state index < -0.39 is 0 Å². The Labute approximate surface area is 177 Å². The highest BCUT2D eigenvalue weighted by Crippen LogP contribution is 2.34. The largest absolute Gasteiger partial charge is 0.365 e. The fourth-order valence-corrected chi connectivity index (χ4v) is 3.99. The number of nitrogens with zero attached hydrogens (tertiary/aromatic N) is 4. The van der Waals surface area contributed by atoms with Gasteiger partial charge in [-0.1, -0.05) is 25.1 Å². The van der Waals surface area contributed by atoms with Gasteiger partial charge in [-0.2, -0.15) is 0 Å². The first kappa shape index (κ1) is 20.4. The van der Waals surface area contributed by atoms with E-state index in [4.69, 9.17) is 9.51 Å². The van der Waals surface area contributed by atoms with Crippen LogP contribution in [0.3, 0.4) is 0 Å². The van der Waals surface area contributed by atoms with E-state index in [-0.39, 0.29) is 23.3 Å². The summed E-state index contributed by atoms with van der Waals surface area (Å²) in [5.74, 6) is 2.07. The van der Waals surface area contributed by atoms with Crippen molar-refractivity contribution in [2.24, 2.45) is 0 Å². The Kier molecular flexibility index (Phi) is 5.30. The average Bonchev–Trinajstić information content (AvgIpc) is 3.32. The molecule has 4 heterocycles. The second kappa shape index (κ2) is 7.78. The minimum Gasteiger partial charge on any atom is -0.365 e. The normalized spacial score (nSPS) is 17.7. The first-order valence-corrected chi connectivity index (χ1v) is 10.7. The Balaban J connectivity index is 1.62. The molecule has 0 spiro atoms. The van der Waals surface area contributed by atoms with E-state index in [9.17, 15) is 4.79 Å². The van der Waals surface area contributed by atoms with Crippen molar-refractivity contribution < 1.29 is 9.32 Å². The number of hydrogen-bond acceptors (Lipinski definition) is 5. The molecule has 3 aromatic heterocycles. The van der Waals surface area contributed by atoms with Gasteiger partial charge in [0.2, 0.25) is 0 Å². The maximum atomic E-state index is 13.1. The molecule has 7 heteroatoms. The zero-order valence-electron chi connectivity index (χ0n) is 18.5. The van der Waals surface area contributed by atoms with Crippen LogP contribution in [0.1, 0.15) is 81.2 Å². The number of aromatic nitrogens is 3. The lowest BCUT2D eigenvalue weighted by atomic mass is 9.94. The molecule has 1 amide bonds. The second-order valence-electron chi connectivity index (χ2n) is 9.51. The molecule has 1 aliphatic rings. The van der Waals surface area contributed by atoms with Crippen LogP contribution in [-0.2, 0) is 0 Å². The van der Waals surface area contributed by atoms with Crippen molar-refractivity contribution in [2.75, 3.05) is 18.4 Å². The molecular weight excluding hydrogens is 378 g/mol. The summed E-state index contributed by atoms with van der Waals surface area (Å²) in [6, 6.07) is 7.81. The standard InChI is InChI=1S/C23H31N5O2/c1-15(2)18-13-17(26-30-18)22(29)27-11-8-9-16(14-27)20-21(25-23(3,4)5)28-12-7-6-10-19(28)24-20/h6-7,10,12-13,15-16,25H,8-9,11,14H2,1-5H3/t16-/m0/s1. The Bertz CT molecular complexity index is 1040. The van der Waals surface area contributed by atoms with Crippen molar-refractivity contribution in [3.8, 4) is 0 Å². The highest BCUT2D eigenvalue weighted by Gasteiger charge is 2.31. The minimum atomic E-state index is -0.0985. The zero-order valence-corrected chi connectivity index (χ0v) is 18.5. The van der Waals surface area contributed by atoms with E-state index in [1.807, 2.05) is 43.1 Å². The average molecular weight is 410 g/mol. The maximum absolute atomic E-state index is 13.1. The van der Waals surface area contributed by atoms with Crippen LogP contribution in [0.5, 0.6) is 0 Å². The molecule has 0 aliphatic carbocycles. The van der Waals surface area contributed by atoms with Gasteiger partial charge >= 0.3 is 0 Å². The van der Waals surface area contributed by atoms with Crippen molar-refractivity contribution in [3.63, 3.8) is 0 Å². The summed E-state index contributed by atoms with van der Waals surface area (Å²) < 4.78 is 7.45. The fraction of sp³-hybridized carbons (Fsp3) is 0.522. The third-order valence-electron chi connectivity index (χ3n) is 5.46. The molecule has 1 N–H and O–H groups in total. The van der Waals surface area contributed by atoms with Crippen molar-refractivity contribution in [2.45, 2.75) is 64.8 Å². The van der Waals surface area contributed by atoms with Crippen LogP contribution in [0.25, 0.3) is 5.65 Å². The molecule has 0 aromatic carbocycles. The Morgan fingerprint density at radius 1 is 1.30 bits per heavy atom. The highest BCUT2D eigenvalue weighted by atomic mass is 16.5. The van der Waals surface area contributed by atoms with E-state index in [1.54, 1.807) is 6.07 Å². The Hall–Kier alpha value is -2.83. The number of anilines is 1. The van der Waals surface area contributed by atoms with Crippen LogP contribution in [0.15, 0.2) is 35.0 Å². The van der Waals surface area contributed by atoms with Crippen LogP contribution < -0.4 is 5.32 Å². The van der Waals surface area contributed by atoms with Gasteiger partial charge in [0.1, 0.15) is 17.2 Å². The number of imidazole rings is 1. The van der Waals surface area contributed by atoms with Gasteiger partial charge in [-0.15, -0.1) is 0 Å². The van der Waals surface area contributed by atoms with E-state index in [1.165, 1.54) is 0 Å². The molecular formula is C23H31N5O2. The number of rotatable bonds is 4. The minimum absolute atomic E-state index is 0.0653. The molecule has 1 aliphatic heterocycles. The lowest BCUT2D eigenvalue weighted by Gasteiger charge is -2.32. The maximum Gasteiger partial charge on any atom is 0.276 e. The number of carbonyl (C=O) groups excluding carboxylic acids is 1. The van der Waals surface area contributed by atoms with E-state index in [0.717, 1.165) is 42.3 Å². The molecule has 4 rings (SSSR count). The molecule has 0 radical (unpaired) electrons. The number of hydrogen-bond donors (Lipinski definition) is 1. The van der Waals surface area contributed by atoms with Gasteiger partial charge in [-0.05, 0) is 45.7 Å². The molecule has 0 saturated carbocycles. The van der Waals surface area contributed by atoms with Crippen molar-refractivity contribution in [3.05, 3.63) is 47.6 Å². The fourth-order valence-electron chi connectivity index (χ4n) is 3.99. The van der Waals surface area contributed by atoms with Crippen molar-refractivity contribution in [1.82, 2.24) is 19.4 Å². The molecule has 160 valence electrons. The summed E-state index contributed by atoms with van der Waals surface area (Å²) in [6.07, 6.45) is 3.98. The third-order valence-corrected chi connectivity index (χ3v) is 5.46. The second-order valence-corrected chi connectivity index (χ2v) is 9.51. The SMILES string of the molecule is CC(C)c1cc(C(=O)N2CCC[C@H](c3nc4ccccn4c3NC(C)(C)C)C2)no1. The van der Waals surface area contributed by atoms with E-state index >= 15 is 0 Å². The quantitative estimate of drug-likeness (QED) is 0.677. The van der Waals surface area contributed by atoms with Gasteiger partial charge in [0, 0.05) is 42.7 Å². The summed E-state index contributed by atoms with van der Waals surface area (Å²) in [6.45, 7) is 11.9. The third kappa shape index (κ3) is 4.06. The van der Waals surface area contributed by atoms with E-state index in [0.29, 0.717) is 12.2 Å². The number of pyridine rings is 1. The van der Waals surface area contributed by atoms with Crippen LogP contribution >= 0.6 is 0 Å². The molecule has 1 atom stereocenters. The van der Waals surface area contributed by atoms with Gasteiger partial charge in [0.25, 0.3) is 5.91 Å². The van der Waals surface area contributed by atoms with Gasteiger partial charge in [-0.3, -0.25) is 9.20 Å². The number of amides is 1. The molecule has 7 nitrogen and oxygen atoms in total. The lowest BCUT2D eigenvalue weighted by molar-refractivity contribution is 0.0695. The van der Waals surface area contributed by atoms with Crippen LogP contribution in [0.2, 0.25) is 0 Å². The van der Waals surface area contributed by atoms with Crippen LogP contribution in [0, 0.1) is 0 Å². The molecule has 30 heavy (non-hydrogen) atoms.